The first-order valence-electron chi connectivity index (χ1n) is 8.40. The Balaban J connectivity index is 1.69. The molecule has 0 aliphatic heterocycles. The summed E-state index contributed by atoms with van der Waals surface area (Å²) >= 11 is 0. The molecule has 0 aliphatic carbocycles. The molecule has 3 aromatic carbocycles. The Morgan fingerprint density at radius 2 is 1.74 bits per heavy atom. The SMILES string of the molecule is COC(=O)c1cc(CNC(=O)Nc2cccc3ccccc23)ccc1OC. The van der Waals surface area contributed by atoms with Gasteiger partial charge in [0.15, 0.2) is 0 Å². The van der Waals surface area contributed by atoms with Crippen LogP contribution in [0.1, 0.15) is 15.9 Å². The van der Waals surface area contributed by atoms with Crippen LogP contribution in [0, 0.1) is 0 Å². The number of methoxy groups -OCH3 is 2. The van der Waals surface area contributed by atoms with E-state index in [-0.39, 0.29) is 12.6 Å². The molecule has 138 valence electrons. The molecule has 0 fully saturated rings. The van der Waals surface area contributed by atoms with E-state index < -0.39 is 5.97 Å². The third kappa shape index (κ3) is 4.17. The molecule has 0 saturated carbocycles. The van der Waals surface area contributed by atoms with Crippen molar-refractivity contribution in [2.24, 2.45) is 0 Å². The fourth-order valence-corrected chi connectivity index (χ4v) is 2.82. The second-order valence-corrected chi connectivity index (χ2v) is 5.86. The van der Waals surface area contributed by atoms with Crippen molar-refractivity contribution in [1.29, 1.82) is 0 Å². The molecule has 0 radical (unpaired) electrons. The molecule has 0 atom stereocenters. The highest BCUT2D eigenvalue weighted by atomic mass is 16.5. The van der Waals surface area contributed by atoms with E-state index in [1.165, 1.54) is 14.2 Å². The molecule has 0 spiro atoms. The lowest BCUT2D eigenvalue weighted by Gasteiger charge is -2.12. The van der Waals surface area contributed by atoms with Crippen LogP contribution in [0.15, 0.2) is 60.7 Å². The van der Waals surface area contributed by atoms with Gasteiger partial charge in [0.2, 0.25) is 0 Å². The maximum Gasteiger partial charge on any atom is 0.341 e. The molecule has 3 aromatic rings. The average Bonchev–Trinajstić information content (AvgIpc) is 2.71. The summed E-state index contributed by atoms with van der Waals surface area (Å²) in [6, 6.07) is 18.3. The molecular weight excluding hydrogens is 344 g/mol. The smallest absolute Gasteiger partial charge is 0.341 e. The van der Waals surface area contributed by atoms with Crippen molar-refractivity contribution in [1.82, 2.24) is 5.32 Å². The summed E-state index contributed by atoms with van der Waals surface area (Å²) < 4.78 is 9.93. The zero-order valence-corrected chi connectivity index (χ0v) is 15.1. The number of hydrogen-bond acceptors (Lipinski definition) is 4. The Hall–Kier alpha value is -3.54. The van der Waals surface area contributed by atoms with Gasteiger partial charge in [-0.25, -0.2) is 9.59 Å². The van der Waals surface area contributed by atoms with Gasteiger partial charge in [-0.3, -0.25) is 0 Å². The minimum atomic E-state index is -0.492. The number of urea groups is 1. The topological polar surface area (TPSA) is 76.7 Å². The number of amides is 2. The van der Waals surface area contributed by atoms with Crippen LogP contribution in [0.3, 0.4) is 0 Å². The van der Waals surface area contributed by atoms with E-state index in [2.05, 4.69) is 10.6 Å². The Kier molecular flexibility index (Phi) is 5.56. The Labute approximate surface area is 157 Å². The third-order valence-electron chi connectivity index (χ3n) is 4.16. The quantitative estimate of drug-likeness (QED) is 0.672. The van der Waals surface area contributed by atoms with Gasteiger partial charge < -0.3 is 20.1 Å². The van der Waals surface area contributed by atoms with Crippen molar-refractivity contribution in [3.63, 3.8) is 0 Å². The largest absolute Gasteiger partial charge is 0.496 e. The van der Waals surface area contributed by atoms with Gasteiger partial charge in [-0.05, 0) is 29.1 Å². The van der Waals surface area contributed by atoms with Crippen LogP contribution >= 0.6 is 0 Å². The van der Waals surface area contributed by atoms with Gasteiger partial charge in [0.25, 0.3) is 0 Å². The Morgan fingerprint density at radius 3 is 2.52 bits per heavy atom. The summed E-state index contributed by atoms with van der Waals surface area (Å²) in [6.07, 6.45) is 0. The molecule has 27 heavy (non-hydrogen) atoms. The van der Waals surface area contributed by atoms with E-state index >= 15 is 0 Å². The molecule has 2 N–H and O–H groups in total. The summed E-state index contributed by atoms with van der Waals surface area (Å²) in [5.41, 5.74) is 1.80. The van der Waals surface area contributed by atoms with Crippen molar-refractivity contribution in [3.05, 3.63) is 71.8 Å². The Morgan fingerprint density at radius 1 is 0.963 bits per heavy atom. The number of carbonyl (C=O) groups excluding carboxylic acids is 2. The van der Waals surface area contributed by atoms with Gasteiger partial charge in [0.1, 0.15) is 11.3 Å². The number of ether oxygens (including phenoxy) is 2. The number of rotatable bonds is 5. The van der Waals surface area contributed by atoms with Gasteiger partial charge in [-0.2, -0.15) is 0 Å². The zero-order chi connectivity index (χ0) is 19.2. The average molecular weight is 364 g/mol. The molecule has 2 amide bonds. The summed E-state index contributed by atoms with van der Waals surface area (Å²) in [5, 5.41) is 7.67. The summed E-state index contributed by atoms with van der Waals surface area (Å²) in [6.45, 7) is 0.255. The summed E-state index contributed by atoms with van der Waals surface area (Å²) in [5.74, 6) is -0.0697. The lowest BCUT2D eigenvalue weighted by Crippen LogP contribution is -2.28. The number of carbonyl (C=O) groups is 2. The lowest BCUT2D eigenvalue weighted by molar-refractivity contribution is 0.0597. The molecular formula is C21H20N2O4. The van der Waals surface area contributed by atoms with Crippen molar-refractivity contribution < 1.29 is 19.1 Å². The molecule has 0 aromatic heterocycles. The van der Waals surface area contributed by atoms with Crippen molar-refractivity contribution >= 4 is 28.5 Å². The highest BCUT2D eigenvalue weighted by Crippen LogP contribution is 2.23. The summed E-state index contributed by atoms with van der Waals surface area (Å²) in [7, 11) is 2.79. The minimum Gasteiger partial charge on any atom is -0.496 e. The van der Waals surface area contributed by atoms with Crippen molar-refractivity contribution in [2.75, 3.05) is 19.5 Å². The predicted octanol–water partition coefficient (Wildman–Crippen LogP) is 3.96. The maximum atomic E-state index is 12.3. The number of anilines is 1. The zero-order valence-electron chi connectivity index (χ0n) is 15.1. The molecule has 0 unspecified atom stereocenters. The van der Waals surface area contributed by atoms with Crippen LogP contribution in [-0.4, -0.2) is 26.2 Å². The molecule has 6 nitrogen and oxygen atoms in total. The van der Waals surface area contributed by atoms with Gasteiger partial charge in [-0.15, -0.1) is 0 Å². The summed E-state index contributed by atoms with van der Waals surface area (Å²) in [4.78, 5) is 24.1. The number of esters is 1. The Bertz CT molecular complexity index is 980. The minimum absolute atomic E-state index is 0.255. The standard InChI is InChI=1S/C21H20N2O4/c1-26-19-11-10-14(12-17(19)20(24)27-2)13-22-21(25)23-18-9-5-7-15-6-3-4-8-16(15)18/h3-12H,13H2,1-2H3,(H2,22,23,25). The van der Waals surface area contributed by atoms with Gasteiger partial charge >= 0.3 is 12.0 Å². The first-order chi connectivity index (χ1) is 13.1. The normalized spacial score (nSPS) is 10.3. The highest BCUT2D eigenvalue weighted by molar-refractivity contribution is 6.01. The molecule has 6 heteroatoms. The number of fused-ring (bicyclic) bond motifs is 1. The third-order valence-corrected chi connectivity index (χ3v) is 4.16. The van der Waals surface area contributed by atoms with Gasteiger partial charge in [-0.1, -0.05) is 42.5 Å². The first-order valence-corrected chi connectivity index (χ1v) is 8.40. The monoisotopic (exact) mass is 364 g/mol. The van der Waals surface area contributed by atoms with E-state index in [1.807, 2.05) is 42.5 Å². The fraction of sp³-hybridized carbons (Fsp3) is 0.143. The number of hydrogen-bond donors (Lipinski definition) is 2. The second kappa shape index (κ2) is 8.23. The van der Waals surface area contributed by atoms with Gasteiger partial charge in [0.05, 0.1) is 19.9 Å². The molecule has 0 aliphatic rings. The van der Waals surface area contributed by atoms with Crippen LogP contribution in [0.25, 0.3) is 10.8 Å². The van der Waals surface area contributed by atoms with Gasteiger partial charge in [0, 0.05) is 11.9 Å². The predicted molar refractivity (Wildman–Crippen MR) is 104 cm³/mol. The van der Waals surface area contributed by atoms with Crippen LogP contribution in [0.2, 0.25) is 0 Å². The van der Waals surface area contributed by atoms with E-state index in [4.69, 9.17) is 9.47 Å². The highest BCUT2D eigenvalue weighted by Gasteiger charge is 2.14. The van der Waals surface area contributed by atoms with Crippen LogP contribution < -0.4 is 15.4 Å². The molecule has 0 heterocycles. The van der Waals surface area contributed by atoms with Crippen molar-refractivity contribution in [3.8, 4) is 5.75 Å². The maximum absolute atomic E-state index is 12.3. The molecule has 3 rings (SSSR count). The van der Waals surface area contributed by atoms with Crippen molar-refractivity contribution in [2.45, 2.75) is 6.54 Å². The second-order valence-electron chi connectivity index (χ2n) is 5.86. The first kappa shape index (κ1) is 18.3. The lowest BCUT2D eigenvalue weighted by atomic mass is 10.1. The fourth-order valence-electron chi connectivity index (χ4n) is 2.82. The van der Waals surface area contributed by atoms with E-state index in [1.54, 1.807) is 18.2 Å². The molecule has 0 saturated heterocycles. The van der Waals surface area contributed by atoms with Crippen LogP contribution in [0.4, 0.5) is 10.5 Å². The van der Waals surface area contributed by atoms with Crippen LogP contribution in [-0.2, 0) is 11.3 Å². The molecule has 0 bridgehead atoms. The number of nitrogens with one attached hydrogen (secondary N) is 2. The van der Waals surface area contributed by atoms with E-state index in [0.717, 1.165) is 22.0 Å². The van der Waals surface area contributed by atoms with E-state index in [0.29, 0.717) is 11.3 Å². The number of benzene rings is 3. The van der Waals surface area contributed by atoms with Crippen LogP contribution in [0.5, 0.6) is 5.75 Å². The van der Waals surface area contributed by atoms with E-state index in [9.17, 15) is 9.59 Å².